The lowest BCUT2D eigenvalue weighted by atomic mass is 9.98. The number of carbonyl (C=O) groups excluding carboxylic acids is 1. The number of methoxy groups -OCH3 is 2. The Bertz CT molecular complexity index is 1160. The van der Waals surface area contributed by atoms with Crippen molar-refractivity contribution in [2.75, 3.05) is 20.0 Å². The van der Waals surface area contributed by atoms with Crippen LogP contribution in [0.5, 0.6) is 11.5 Å². The summed E-state index contributed by atoms with van der Waals surface area (Å²) in [6.45, 7) is 0. The Morgan fingerprint density at radius 1 is 1.06 bits per heavy atom. The fourth-order valence-corrected chi connectivity index (χ4v) is 4.05. The van der Waals surface area contributed by atoms with Crippen molar-refractivity contribution in [3.63, 3.8) is 0 Å². The van der Waals surface area contributed by atoms with Crippen molar-refractivity contribution in [3.8, 4) is 11.5 Å². The lowest BCUT2D eigenvalue weighted by Gasteiger charge is -2.20. The van der Waals surface area contributed by atoms with Crippen LogP contribution in [0.4, 0.5) is 0 Å². The number of ether oxygens (including phenoxy) is 2. The molecule has 0 unspecified atom stereocenters. The Hall–Kier alpha value is -3.23. The maximum Gasteiger partial charge on any atom is 0.231 e. The summed E-state index contributed by atoms with van der Waals surface area (Å²) in [5.41, 5.74) is 3.18. The summed E-state index contributed by atoms with van der Waals surface area (Å²) < 4.78 is 10.5. The van der Waals surface area contributed by atoms with Gasteiger partial charge in [0, 0.05) is 6.20 Å². The number of fused-ring (bicyclic) bond motifs is 1. The van der Waals surface area contributed by atoms with E-state index in [1.807, 2.05) is 48.5 Å². The second kappa shape index (κ2) is 9.93. The molecule has 164 valence electrons. The van der Waals surface area contributed by atoms with Crippen LogP contribution in [0.25, 0.3) is 11.2 Å². The summed E-state index contributed by atoms with van der Waals surface area (Å²) in [7, 11) is 3.24. The summed E-state index contributed by atoms with van der Waals surface area (Å²) in [6, 6.07) is 16.7. The topological polar surface area (TPSA) is 89.1 Å². The van der Waals surface area contributed by atoms with Gasteiger partial charge in [-0.05, 0) is 41.5 Å². The van der Waals surface area contributed by atoms with E-state index in [9.17, 15) is 4.79 Å². The average molecular weight is 469 g/mol. The molecule has 4 aromatic rings. The molecule has 0 bridgehead atoms. The number of pyridine rings is 1. The van der Waals surface area contributed by atoms with Crippen LogP contribution >= 0.6 is 23.4 Å². The molecule has 0 atom stereocenters. The van der Waals surface area contributed by atoms with Crippen LogP contribution < -0.4 is 14.8 Å². The van der Waals surface area contributed by atoms with Crippen LogP contribution in [0.2, 0.25) is 5.02 Å². The highest BCUT2D eigenvalue weighted by molar-refractivity contribution is 7.99. The predicted octanol–water partition coefficient (Wildman–Crippen LogP) is 4.63. The molecule has 2 aromatic carbocycles. The molecule has 0 fully saturated rings. The third-order valence-electron chi connectivity index (χ3n) is 4.83. The molecular formula is C23H21ClN4O3S. The van der Waals surface area contributed by atoms with E-state index in [0.717, 1.165) is 28.1 Å². The molecule has 0 saturated carbocycles. The van der Waals surface area contributed by atoms with Gasteiger partial charge in [-0.2, -0.15) is 0 Å². The summed E-state index contributed by atoms with van der Waals surface area (Å²) in [4.78, 5) is 24.5. The normalized spacial score (nSPS) is 11.0. The Morgan fingerprint density at radius 2 is 1.66 bits per heavy atom. The number of benzene rings is 2. The monoisotopic (exact) mass is 468 g/mol. The number of rotatable bonds is 8. The molecule has 0 aliphatic heterocycles. The average Bonchev–Trinajstić information content (AvgIpc) is 3.23. The van der Waals surface area contributed by atoms with E-state index < -0.39 is 0 Å². The van der Waals surface area contributed by atoms with E-state index in [2.05, 4.69) is 20.3 Å². The zero-order valence-electron chi connectivity index (χ0n) is 17.5. The van der Waals surface area contributed by atoms with Crippen molar-refractivity contribution in [2.45, 2.75) is 11.2 Å². The van der Waals surface area contributed by atoms with Gasteiger partial charge >= 0.3 is 0 Å². The first-order valence-corrected chi connectivity index (χ1v) is 11.1. The highest BCUT2D eigenvalue weighted by Gasteiger charge is 2.18. The number of hydrogen-bond donors (Lipinski definition) is 2. The van der Waals surface area contributed by atoms with E-state index in [0.29, 0.717) is 15.8 Å². The number of H-pyrrole nitrogens is 1. The number of nitrogens with one attached hydrogen (secondary N) is 2. The smallest absolute Gasteiger partial charge is 0.231 e. The summed E-state index contributed by atoms with van der Waals surface area (Å²) >= 11 is 7.27. The molecule has 4 rings (SSSR count). The van der Waals surface area contributed by atoms with Crippen LogP contribution in [-0.2, 0) is 4.79 Å². The molecule has 0 aliphatic carbocycles. The molecule has 0 radical (unpaired) electrons. The fourth-order valence-electron chi connectivity index (χ4n) is 3.21. The summed E-state index contributed by atoms with van der Waals surface area (Å²) in [6.07, 6.45) is 1.54. The SMILES string of the molecule is COc1ccc(C(NC(=O)CSc2nc3ncc(Cl)cc3[nH]2)c2ccc(OC)cc2)cc1. The zero-order valence-corrected chi connectivity index (χ0v) is 19.0. The fraction of sp³-hybridized carbons (Fsp3) is 0.174. The first-order valence-electron chi connectivity index (χ1n) is 9.77. The molecule has 0 aliphatic rings. The first kappa shape index (κ1) is 22.0. The second-order valence-corrected chi connectivity index (χ2v) is 8.30. The number of hydrogen-bond acceptors (Lipinski definition) is 6. The van der Waals surface area contributed by atoms with Crippen LogP contribution in [0.1, 0.15) is 17.2 Å². The van der Waals surface area contributed by atoms with Gasteiger partial charge in [0.15, 0.2) is 10.8 Å². The number of imidazole rings is 1. The van der Waals surface area contributed by atoms with Gasteiger partial charge in [-0.1, -0.05) is 47.6 Å². The number of aromatic amines is 1. The van der Waals surface area contributed by atoms with E-state index in [4.69, 9.17) is 21.1 Å². The molecule has 0 saturated heterocycles. The molecule has 1 amide bonds. The maximum absolute atomic E-state index is 12.8. The van der Waals surface area contributed by atoms with Gasteiger partial charge in [-0.15, -0.1) is 0 Å². The lowest BCUT2D eigenvalue weighted by molar-refractivity contribution is -0.119. The van der Waals surface area contributed by atoms with Gasteiger partial charge in [0.1, 0.15) is 11.5 Å². The molecular weight excluding hydrogens is 448 g/mol. The van der Waals surface area contributed by atoms with Gasteiger partial charge in [0.2, 0.25) is 5.91 Å². The highest BCUT2D eigenvalue weighted by atomic mass is 35.5. The first-order chi connectivity index (χ1) is 15.6. The largest absolute Gasteiger partial charge is 0.497 e. The molecule has 0 spiro atoms. The standard InChI is InChI=1S/C23H21ClN4O3S/c1-30-17-7-3-14(4-8-17)21(15-5-9-18(31-2)10-6-15)27-20(29)13-32-23-26-19-11-16(24)12-25-22(19)28-23/h3-12,21H,13H2,1-2H3,(H,27,29)(H,25,26,28). The van der Waals surface area contributed by atoms with E-state index in [1.54, 1.807) is 26.5 Å². The minimum atomic E-state index is -0.323. The molecule has 2 aromatic heterocycles. The Morgan fingerprint density at radius 3 is 2.22 bits per heavy atom. The third kappa shape index (κ3) is 5.15. The Labute approximate surface area is 194 Å². The number of halogens is 1. The van der Waals surface area contributed by atoms with Gasteiger partial charge in [0.25, 0.3) is 0 Å². The number of aromatic nitrogens is 3. The van der Waals surface area contributed by atoms with Crippen molar-refractivity contribution in [2.24, 2.45) is 0 Å². The molecule has 2 heterocycles. The molecule has 2 N–H and O–H groups in total. The van der Waals surface area contributed by atoms with Crippen molar-refractivity contribution in [1.29, 1.82) is 0 Å². The van der Waals surface area contributed by atoms with Crippen LogP contribution in [0, 0.1) is 0 Å². The molecule has 9 heteroatoms. The molecule has 32 heavy (non-hydrogen) atoms. The van der Waals surface area contributed by atoms with E-state index in [1.165, 1.54) is 11.8 Å². The maximum atomic E-state index is 12.8. The minimum Gasteiger partial charge on any atom is -0.497 e. The quantitative estimate of drug-likeness (QED) is 0.366. The number of nitrogens with zero attached hydrogens (tertiary/aromatic N) is 2. The van der Waals surface area contributed by atoms with Crippen LogP contribution in [0.3, 0.4) is 0 Å². The summed E-state index contributed by atoms with van der Waals surface area (Å²) in [5.74, 6) is 1.57. The number of amides is 1. The third-order valence-corrected chi connectivity index (χ3v) is 5.91. The van der Waals surface area contributed by atoms with Crippen LogP contribution in [-0.4, -0.2) is 40.8 Å². The zero-order chi connectivity index (χ0) is 22.5. The second-order valence-electron chi connectivity index (χ2n) is 6.90. The van der Waals surface area contributed by atoms with E-state index >= 15 is 0 Å². The van der Waals surface area contributed by atoms with E-state index in [-0.39, 0.29) is 17.7 Å². The lowest BCUT2D eigenvalue weighted by Crippen LogP contribution is -2.30. The Kier molecular flexibility index (Phi) is 6.82. The van der Waals surface area contributed by atoms with Crippen molar-refractivity contribution < 1.29 is 14.3 Å². The minimum absolute atomic E-state index is 0.127. The number of carbonyl (C=O) groups is 1. The predicted molar refractivity (Wildman–Crippen MR) is 126 cm³/mol. The summed E-state index contributed by atoms with van der Waals surface area (Å²) in [5, 5.41) is 4.25. The number of thioether (sulfide) groups is 1. The molecule has 7 nitrogen and oxygen atoms in total. The Balaban J connectivity index is 1.50. The van der Waals surface area contributed by atoms with Gasteiger partial charge in [-0.3, -0.25) is 4.79 Å². The van der Waals surface area contributed by atoms with Gasteiger partial charge < -0.3 is 19.8 Å². The van der Waals surface area contributed by atoms with Crippen LogP contribution in [0.15, 0.2) is 66.0 Å². The van der Waals surface area contributed by atoms with Gasteiger partial charge in [-0.25, -0.2) is 9.97 Å². The van der Waals surface area contributed by atoms with Crippen molar-refractivity contribution in [3.05, 3.63) is 76.9 Å². The van der Waals surface area contributed by atoms with Crippen molar-refractivity contribution >= 4 is 40.4 Å². The highest BCUT2D eigenvalue weighted by Crippen LogP contribution is 2.27. The van der Waals surface area contributed by atoms with Gasteiger partial charge in [0.05, 0.1) is 36.6 Å². The van der Waals surface area contributed by atoms with Crippen molar-refractivity contribution in [1.82, 2.24) is 20.3 Å².